The van der Waals surface area contributed by atoms with Crippen LogP contribution in [0.25, 0.3) is 0 Å². The lowest BCUT2D eigenvalue weighted by atomic mass is 9.98. The standard InChI is InChI=1S/C16H16F2N4/c17-13-8-14(18)12(7-11(13)9-19)10-22-6-2-1-3-16(22)15-4-5-20-21-15/h4-5,7-8,16H,1-3,6,10H2,(H,20,21)/t16-/m0/s1. The second kappa shape index (κ2) is 6.24. The van der Waals surface area contributed by atoms with Gasteiger partial charge in [0.2, 0.25) is 0 Å². The topological polar surface area (TPSA) is 55.7 Å². The first-order valence-corrected chi connectivity index (χ1v) is 7.30. The van der Waals surface area contributed by atoms with Crippen LogP contribution in [0.5, 0.6) is 0 Å². The number of H-pyrrole nitrogens is 1. The molecule has 1 atom stereocenters. The fraction of sp³-hybridized carbons (Fsp3) is 0.375. The first kappa shape index (κ1) is 14.7. The quantitative estimate of drug-likeness (QED) is 0.946. The summed E-state index contributed by atoms with van der Waals surface area (Å²) >= 11 is 0. The molecule has 0 saturated carbocycles. The van der Waals surface area contributed by atoms with Crippen LogP contribution in [-0.4, -0.2) is 21.6 Å². The second-order valence-electron chi connectivity index (χ2n) is 5.53. The summed E-state index contributed by atoms with van der Waals surface area (Å²) in [5, 5.41) is 15.9. The van der Waals surface area contributed by atoms with E-state index in [1.54, 1.807) is 12.3 Å². The van der Waals surface area contributed by atoms with Gasteiger partial charge in [0.05, 0.1) is 17.3 Å². The van der Waals surface area contributed by atoms with E-state index < -0.39 is 11.6 Å². The van der Waals surface area contributed by atoms with Crippen molar-refractivity contribution in [3.8, 4) is 6.07 Å². The Morgan fingerprint density at radius 2 is 2.18 bits per heavy atom. The monoisotopic (exact) mass is 302 g/mol. The SMILES string of the molecule is N#Cc1cc(CN2CCCC[C@H]2c2ccn[nH]2)c(F)cc1F. The van der Waals surface area contributed by atoms with E-state index >= 15 is 0 Å². The number of likely N-dealkylation sites (tertiary alicyclic amines) is 1. The normalized spacial score (nSPS) is 19.0. The molecule has 3 rings (SSSR count). The Kier molecular flexibility index (Phi) is 4.16. The summed E-state index contributed by atoms with van der Waals surface area (Å²) in [6, 6.07) is 5.93. The number of nitrogens with one attached hydrogen (secondary N) is 1. The van der Waals surface area contributed by atoms with Gasteiger partial charge in [-0.15, -0.1) is 0 Å². The zero-order valence-electron chi connectivity index (χ0n) is 12.0. The Morgan fingerprint density at radius 1 is 1.32 bits per heavy atom. The summed E-state index contributed by atoms with van der Waals surface area (Å²) in [6.07, 6.45) is 4.82. The molecule has 0 amide bonds. The predicted octanol–water partition coefficient (Wildman–Crippen LogP) is 3.29. The lowest BCUT2D eigenvalue weighted by Gasteiger charge is -2.35. The molecule has 1 aliphatic heterocycles. The highest BCUT2D eigenvalue weighted by atomic mass is 19.1. The number of aromatic amines is 1. The molecule has 0 bridgehead atoms. The molecule has 114 valence electrons. The fourth-order valence-corrected chi connectivity index (χ4v) is 3.00. The maximum Gasteiger partial charge on any atom is 0.143 e. The minimum Gasteiger partial charge on any atom is -0.290 e. The van der Waals surface area contributed by atoms with Crippen molar-refractivity contribution in [3.63, 3.8) is 0 Å². The van der Waals surface area contributed by atoms with E-state index in [1.165, 1.54) is 6.07 Å². The summed E-state index contributed by atoms with van der Waals surface area (Å²) in [4.78, 5) is 2.15. The highest BCUT2D eigenvalue weighted by Crippen LogP contribution is 2.31. The number of halogens is 2. The van der Waals surface area contributed by atoms with Crippen LogP contribution < -0.4 is 0 Å². The Labute approximate surface area is 127 Å². The Balaban J connectivity index is 1.86. The van der Waals surface area contributed by atoms with Gasteiger partial charge in [-0.25, -0.2) is 8.78 Å². The molecule has 0 aliphatic carbocycles. The van der Waals surface area contributed by atoms with E-state index in [2.05, 4.69) is 15.1 Å². The molecule has 1 aromatic carbocycles. The highest BCUT2D eigenvalue weighted by molar-refractivity contribution is 5.35. The highest BCUT2D eigenvalue weighted by Gasteiger charge is 2.26. The third kappa shape index (κ3) is 2.85. The third-order valence-corrected chi connectivity index (χ3v) is 4.12. The van der Waals surface area contributed by atoms with Gasteiger partial charge in [0.1, 0.15) is 17.7 Å². The second-order valence-corrected chi connectivity index (χ2v) is 5.53. The predicted molar refractivity (Wildman–Crippen MR) is 76.7 cm³/mol. The average Bonchev–Trinajstić information content (AvgIpc) is 3.04. The molecular weight excluding hydrogens is 286 g/mol. The lowest BCUT2D eigenvalue weighted by molar-refractivity contribution is 0.135. The Hall–Kier alpha value is -2.26. The van der Waals surface area contributed by atoms with Crippen LogP contribution in [0.1, 0.15) is 42.1 Å². The van der Waals surface area contributed by atoms with Gasteiger partial charge in [0.15, 0.2) is 0 Å². The number of nitrogens with zero attached hydrogens (tertiary/aromatic N) is 3. The zero-order valence-corrected chi connectivity index (χ0v) is 12.0. The molecule has 6 heteroatoms. The maximum atomic E-state index is 14.0. The van der Waals surface area contributed by atoms with Crippen molar-refractivity contribution in [2.45, 2.75) is 31.8 Å². The van der Waals surface area contributed by atoms with Crippen molar-refractivity contribution in [1.82, 2.24) is 15.1 Å². The van der Waals surface area contributed by atoms with Crippen molar-refractivity contribution in [3.05, 3.63) is 52.9 Å². The van der Waals surface area contributed by atoms with Crippen molar-refractivity contribution >= 4 is 0 Å². The Morgan fingerprint density at radius 3 is 2.91 bits per heavy atom. The molecule has 2 aromatic rings. The number of hydrogen-bond acceptors (Lipinski definition) is 3. The third-order valence-electron chi connectivity index (χ3n) is 4.12. The molecule has 4 nitrogen and oxygen atoms in total. The maximum absolute atomic E-state index is 14.0. The van der Waals surface area contributed by atoms with Gasteiger partial charge in [0.25, 0.3) is 0 Å². The average molecular weight is 302 g/mol. The van der Waals surface area contributed by atoms with E-state index in [-0.39, 0.29) is 11.6 Å². The first-order chi connectivity index (χ1) is 10.7. The van der Waals surface area contributed by atoms with E-state index in [0.717, 1.165) is 37.6 Å². The summed E-state index contributed by atoms with van der Waals surface area (Å²) in [5.41, 5.74) is 1.23. The molecule has 22 heavy (non-hydrogen) atoms. The molecule has 2 heterocycles. The molecule has 0 unspecified atom stereocenters. The van der Waals surface area contributed by atoms with Gasteiger partial charge in [-0.05, 0) is 31.5 Å². The lowest BCUT2D eigenvalue weighted by Crippen LogP contribution is -2.33. The first-order valence-electron chi connectivity index (χ1n) is 7.30. The molecule has 0 spiro atoms. The Bertz CT molecular complexity index is 691. The zero-order chi connectivity index (χ0) is 15.5. The fourth-order valence-electron chi connectivity index (χ4n) is 3.00. The number of hydrogen-bond donors (Lipinski definition) is 1. The van der Waals surface area contributed by atoms with Crippen molar-refractivity contribution in [1.29, 1.82) is 5.26 Å². The van der Waals surface area contributed by atoms with E-state index in [1.807, 2.05) is 6.07 Å². The molecule has 0 radical (unpaired) electrons. The van der Waals surface area contributed by atoms with Crippen LogP contribution in [0.15, 0.2) is 24.4 Å². The number of nitriles is 1. The number of benzene rings is 1. The van der Waals surface area contributed by atoms with Crippen molar-refractivity contribution in [2.75, 3.05) is 6.54 Å². The number of rotatable bonds is 3. The van der Waals surface area contributed by atoms with Gasteiger partial charge in [-0.1, -0.05) is 6.42 Å². The van der Waals surface area contributed by atoms with Gasteiger partial charge in [0, 0.05) is 24.4 Å². The molecule has 1 N–H and O–H groups in total. The molecule has 1 aromatic heterocycles. The van der Waals surface area contributed by atoms with Crippen molar-refractivity contribution in [2.24, 2.45) is 0 Å². The largest absolute Gasteiger partial charge is 0.290 e. The van der Waals surface area contributed by atoms with Gasteiger partial charge >= 0.3 is 0 Å². The summed E-state index contributed by atoms with van der Waals surface area (Å²) < 4.78 is 27.4. The van der Waals surface area contributed by atoms with Crippen LogP contribution >= 0.6 is 0 Å². The summed E-state index contributed by atoms with van der Waals surface area (Å²) in [7, 11) is 0. The van der Waals surface area contributed by atoms with Crippen LogP contribution in [0, 0.1) is 23.0 Å². The molecule has 1 fully saturated rings. The van der Waals surface area contributed by atoms with E-state index in [0.29, 0.717) is 12.1 Å². The van der Waals surface area contributed by atoms with Gasteiger partial charge in [-0.3, -0.25) is 10.00 Å². The molecule has 1 aliphatic rings. The van der Waals surface area contributed by atoms with Gasteiger partial charge in [-0.2, -0.15) is 10.4 Å². The molecule has 1 saturated heterocycles. The van der Waals surface area contributed by atoms with Crippen LogP contribution in [-0.2, 0) is 6.54 Å². The van der Waals surface area contributed by atoms with Gasteiger partial charge < -0.3 is 0 Å². The molecular formula is C16H16F2N4. The van der Waals surface area contributed by atoms with E-state index in [4.69, 9.17) is 5.26 Å². The minimum absolute atomic E-state index is 0.119. The van der Waals surface area contributed by atoms with Crippen LogP contribution in [0.2, 0.25) is 0 Å². The number of piperidine rings is 1. The number of aromatic nitrogens is 2. The minimum atomic E-state index is -0.812. The smallest absolute Gasteiger partial charge is 0.143 e. The summed E-state index contributed by atoms with van der Waals surface area (Å²) in [5.74, 6) is -1.42. The summed E-state index contributed by atoms with van der Waals surface area (Å²) in [6.45, 7) is 1.19. The van der Waals surface area contributed by atoms with Crippen molar-refractivity contribution < 1.29 is 8.78 Å². The van der Waals surface area contributed by atoms with E-state index in [9.17, 15) is 8.78 Å². The van der Waals surface area contributed by atoms with Crippen LogP contribution in [0.3, 0.4) is 0 Å². The van der Waals surface area contributed by atoms with Crippen LogP contribution in [0.4, 0.5) is 8.78 Å².